The van der Waals surface area contributed by atoms with E-state index in [0.29, 0.717) is 22.3 Å². The molecule has 0 saturated carbocycles. The van der Waals surface area contributed by atoms with Gasteiger partial charge in [-0.25, -0.2) is 0 Å². The number of thiophene rings is 1. The fraction of sp³-hybridized carbons (Fsp3) is 0.0833. The maximum atomic E-state index is 12.4. The molecule has 17 heavy (non-hydrogen) atoms. The number of halogens is 3. The van der Waals surface area contributed by atoms with Crippen LogP contribution in [0.5, 0.6) is 0 Å². The summed E-state index contributed by atoms with van der Waals surface area (Å²) < 4.78 is 37.1. The Bertz CT molecular complexity index is 525. The van der Waals surface area contributed by atoms with Crippen molar-refractivity contribution in [3.8, 4) is 10.4 Å². The van der Waals surface area contributed by atoms with E-state index in [2.05, 4.69) is 0 Å². The van der Waals surface area contributed by atoms with Gasteiger partial charge in [-0.15, -0.1) is 11.3 Å². The molecule has 0 aliphatic heterocycles. The van der Waals surface area contributed by atoms with Crippen molar-refractivity contribution in [2.45, 2.75) is 6.18 Å². The minimum Gasteiger partial charge on any atom is -0.298 e. The Morgan fingerprint density at radius 3 is 2.24 bits per heavy atom. The Morgan fingerprint density at radius 1 is 1.06 bits per heavy atom. The number of hydrogen-bond acceptors (Lipinski definition) is 2. The molecule has 1 aromatic heterocycles. The predicted molar refractivity (Wildman–Crippen MR) is 60.1 cm³/mol. The molecule has 0 spiro atoms. The van der Waals surface area contributed by atoms with E-state index in [0.717, 1.165) is 12.1 Å². The molecule has 0 bridgehead atoms. The highest BCUT2D eigenvalue weighted by atomic mass is 32.1. The van der Waals surface area contributed by atoms with Gasteiger partial charge < -0.3 is 0 Å². The highest BCUT2D eigenvalue weighted by Crippen LogP contribution is 2.33. The third-order valence-electron chi connectivity index (χ3n) is 2.30. The second-order valence-corrected chi connectivity index (χ2v) is 4.31. The van der Waals surface area contributed by atoms with Crippen LogP contribution in [0.4, 0.5) is 13.2 Å². The van der Waals surface area contributed by atoms with Crippen molar-refractivity contribution in [1.82, 2.24) is 0 Å². The Morgan fingerprint density at radius 2 is 1.71 bits per heavy atom. The van der Waals surface area contributed by atoms with Crippen molar-refractivity contribution in [2.75, 3.05) is 0 Å². The number of benzene rings is 1. The summed E-state index contributed by atoms with van der Waals surface area (Å²) in [5, 5.41) is 1.73. The van der Waals surface area contributed by atoms with E-state index < -0.39 is 11.7 Å². The highest BCUT2D eigenvalue weighted by Gasteiger charge is 2.30. The van der Waals surface area contributed by atoms with E-state index in [-0.39, 0.29) is 0 Å². The fourth-order valence-electron chi connectivity index (χ4n) is 1.46. The fourth-order valence-corrected chi connectivity index (χ4v) is 2.33. The number of carbonyl (C=O) groups is 1. The van der Waals surface area contributed by atoms with Crippen molar-refractivity contribution < 1.29 is 18.0 Å². The molecule has 0 saturated heterocycles. The molecular formula is C12H7F3OS. The molecule has 2 rings (SSSR count). The van der Waals surface area contributed by atoms with Crippen LogP contribution in [0.3, 0.4) is 0 Å². The largest absolute Gasteiger partial charge is 0.416 e. The van der Waals surface area contributed by atoms with Gasteiger partial charge in [0, 0.05) is 10.4 Å². The normalized spacial score (nSPS) is 11.5. The summed E-state index contributed by atoms with van der Waals surface area (Å²) in [6.45, 7) is 0. The van der Waals surface area contributed by atoms with E-state index in [4.69, 9.17) is 0 Å². The van der Waals surface area contributed by atoms with E-state index in [1.165, 1.54) is 23.5 Å². The van der Waals surface area contributed by atoms with Crippen molar-refractivity contribution in [1.29, 1.82) is 0 Å². The van der Waals surface area contributed by atoms with Crippen molar-refractivity contribution in [3.05, 3.63) is 46.8 Å². The van der Waals surface area contributed by atoms with Crippen LogP contribution in [0.2, 0.25) is 0 Å². The smallest absolute Gasteiger partial charge is 0.298 e. The number of rotatable bonds is 2. The molecule has 1 aromatic carbocycles. The van der Waals surface area contributed by atoms with Gasteiger partial charge in [0.05, 0.1) is 5.56 Å². The van der Waals surface area contributed by atoms with Gasteiger partial charge >= 0.3 is 6.18 Å². The van der Waals surface area contributed by atoms with E-state index >= 15 is 0 Å². The van der Waals surface area contributed by atoms with Gasteiger partial charge in [0.15, 0.2) is 6.29 Å². The van der Waals surface area contributed by atoms with E-state index in [1.807, 2.05) is 0 Å². The van der Waals surface area contributed by atoms with Crippen LogP contribution >= 0.6 is 11.3 Å². The first-order valence-corrected chi connectivity index (χ1v) is 5.60. The Hall–Kier alpha value is -1.62. The van der Waals surface area contributed by atoms with E-state index in [9.17, 15) is 18.0 Å². The maximum Gasteiger partial charge on any atom is 0.416 e. The number of aldehydes is 1. The van der Waals surface area contributed by atoms with Gasteiger partial charge in [-0.3, -0.25) is 4.79 Å². The molecule has 1 heterocycles. The first-order chi connectivity index (χ1) is 8.02. The lowest BCUT2D eigenvalue weighted by molar-refractivity contribution is -0.137. The van der Waals surface area contributed by atoms with Gasteiger partial charge in [-0.1, -0.05) is 12.1 Å². The Balaban J connectivity index is 2.39. The lowest BCUT2D eigenvalue weighted by Crippen LogP contribution is -2.03. The molecule has 2 aromatic rings. The summed E-state index contributed by atoms with van der Waals surface area (Å²) >= 11 is 1.33. The summed E-state index contributed by atoms with van der Waals surface area (Å²) in [7, 11) is 0. The number of hydrogen-bond donors (Lipinski definition) is 0. The molecule has 0 N–H and O–H groups in total. The average molecular weight is 256 g/mol. The second-order valence-electron chi connectivity index (χ2n) is 3.40. The first-order valence-electron chi connectivity index (χ1n) is 4.72. The Labute approximate surface area is 99.5 Å². The molecule has 0 atom stereocenters. The van der Waals surface area contributed by atoms with Crippen LogP contribution in [0.25, 0.3) is 10.4 Å². The molecular weight excluding hydrogens is 249 g/mol. The van der Waals surface area contributed by atoms with Crippen molar-refractivity contribution in [3.63, 3.8) is 0 Å². The van der Waals surface area contributed by atoms with Gasteiger partial charge in [-0.2, -0.15) is 13.2 Å². The number of alkyl halides is 3. The molecule has 5 heteroatoms. The minimum atomic E-state index is -4.33. The topological polar surface area (TPSA) is 17.1 Å². The summed E-state index contributed by atoms with van der Waals surface area (Å²) in [4.78, 5) is 11.4. The predicted octanol–water partition coefficient (Wildman–Crippen LogP) is 4.25. The quantitative estimate of drug-likeness (QED) is 0.734. The molecule has 0 aliphatic carbocycles. The van der Waals surface area contributed by atoms with Crippen LogP contribution in [0, 0.1) is 0 Å². The zero-order valence-electron chi connectivity index (χ0n) is 8.49. The van der Waals surface area contributed by atoms with Crippen LogP contribution in [0.15, 0.2) is 35.7 Å². The molecule has 0 aliphatic rings. The summed E-state index contributed by atoms with van der Waals surface area (Å²) in [5.74, 6) is 0. The van der Waals surface area contributed by atoms with Gasteiger partial charge in [0.2, 0.25) is 0 Å². The number of carbonyl (C=O) groups excluding carboxylic acids is 1. The zero-order valence-corrected chi connectivity index (χ0v) is 9.31. The van der Waals surface area contributed by atoms with Gasteiger partial charge in [-0.05, 0) is 29.1 Å². The molecule has 0 radical (unpaired) electrons. The monoisotopic (exact) mass is 256 g/mol. The third kappa shape index (κ3) is 2.39. The third-order valence-corrected chi connectivity index (χ3v) is 3.28. The summed E-state index contributed by atoms with van der Waals surface area (Å²) in [6.07, 6.45) is -3.63. The lowest BCUT2D eigenvalue weighted by Gasteiger charge is -2.07. The first kappa shape index (κ1) is 11.9. The lowest BCUT2D eigenvalue weighted by atomic mass is 10.1. The SMILES string of the molecule is O=Cc1ccsc1-c1ccc(C(F)(F)F)cc1. The standard InChI is InChI=1S/C12H7F3OS/c13-12(14,15)10-3-1-8(2-4-10)11-9(7-16)5-6-17-11/h1-7H. The van der Waals surface area contributed by atoms with E-state index in [1.54, 1.807) is 11.4 Å². The minimum absolute atomic E-state index is 0.495. The Kier molecular flexibility index (Phi) is 3.02. The van der Waals surface area contributed by atoms with Crippen LogP contribution in [-0.2, 0) is 6.18 Å². The molecule has 1 nitrogen and oxygen atoms in total. The van der Waals surface area contributed by atoms with Crippen molar-refractivity contribution >= 4 is 17.6 Å². The summed E-state index contributed by atoms with van der Waals surface area (Å²) in [5.41, 5.74) is 0.426. The van der Waals surface area contributed by atoms with Crippen LogP contribution in [-0.4, -0.2) is 6.29 Å². The van der Waals surface area contributed by atoms with Crippen LogP contribution < -0.4 is 0 Å². The average Bonchev–Trinajstić information content (AvgIpc) is 2.76. The molecule has 88 valence electrons. The molecule has 0 unspecified atom stereocenters. The summed E-state index contributed by atoms with van der Waals surface area (Å²) in [6, 6.07) is 6.43. The maximum absolute atomic E-state index is 12.4. The highest BCUT2D eigenvalue weighted by molar-refractivity contribution is 7.14. The zero-order chi connectivity index (χ0) is 12.5. The second kappa shape index (κ2) is 4.33. The van der Waals surface area contributed by atoms with Gasteiger partial charge in [0.25, 0.3) is 0 Å². The molecule has 0 amide bonds. The van der Waals surface area contributed by atoms with Crippen LogP contribution in [0.1, 0.15) is 15.9 Å². The molecule has 0 fully saturated rings. The van der Waals surface area contributed by atoms with Gasteiger partial charge in [0.1, 0.15) is 0 Å². The van der Waals surface area contributed by atoms with Crippen molar-refractivity contribution in [2.24, 2.45) is 0 Å².